The van der Waals surface area contributed by atoms with Crippen molar-refractivity contribution in [1.29, 1.82) is 0 Å². The Morgan fingerprint density at radius 1 is 1.33 bits per heavy atom. The first-order chi connectivity index (χ1) is 11.6. The Balaban J connectivity index is 2.18. The second-order valence-electron chi connectivity index (χ2n) is 6.09. The predicted octanol–water partition coefficient (Wildman–Crippen LogP) is 1.67. The van der Waals surface area contributed by atoms with Crippen molar-refractivity contribution in [2.45, 2.75) is 19.8 Å². The van der Waals surface area contributed by atoms with Crippen LogP contribution < -0.4 is 10.6 Å². The summed E-state index contributed by atoms with van der Waals surface area (Å²) in [4.78, 5) is 14.8. The van der Waals surface area contributed by atoms with E-state index in [1.54, 1.807) is 7.11 Å². The van der Waals surface area contributed by atoms with E-state index in [0.717, 1.165) is 18.2 Å². The Kier molecular flexibility index (Phi) is 6.99. The Labute approximate surface area is 149 Å². The normalized spacial score (nSPS) is 20.0. The molecule has 0 saturated carbocycles. The van der Waals surface area contributed by atoms with Gasteiger partial charge in [-0.05, 0) is 37.2 Å². The molecule has 1 heterocycles. The summed E-state index contributed by atoms with van der Waals surface area (Å²) in [5.41, 5.74) is 2.44. The summed E-state index contributed by atoms with van der Waals surface area (Å²) in [7, 11) is 1.63. The number of rotatable bonds is 6. The minimum absolute atomic E-state index is 0.0714. The molecule has 1 amide bonds. The highest BCUT2D eigenvalue weighted by atomic mass is 32.1. The third kappa shape index (κ3) is 4.45. The van der Waals surface area contributed by atoms with Crippen LogP contribution >= 0.6 is 12.2 Å². The smallest absolute Gasteiger partial charge is 0.225 e. The molecule has 0 aromatic heterocycles. The molecule has 1 fully saturated rings. The predicted molar refractivity (Wildman–Crippen MR) is 100 cm³/mol. The zero-order valence-electron chi connectivity index (χ0n) is 14.7. The lowest BCUT2D eigenvalue weighted by Crippen LogP contribution is -2.40. The van der Waals surface area contributed by atoms with Gasteiger partial charge in [-0.25, -0.2) is 0 Å². The van der Waals surface area contributed by atoms with Gasteiger partial charge in [-0.1, -0.05) is 24.3 Å². The van der Waals surface area contributed by atoms with Gasteiger partial charge < -0.3 is 20.3 Å². The van der Waals surface area contributed by atoms with E-state index >= 15 is 0 Å². The van der Waals surface area contributed by atoms with E-state index in [0.29, 0.717) is 19.7 Å². The summed E-state index contributed by atoms with van der Waals surface area (Å²) in [6.45, 7) is 7.37. The van der Waals surface area contributed by atoms with E-state index in [4.69, 9.17) is 17.0 Å². The van der Waals surface area contributed by atoms with Crippen molar-refractivity contribution >= 4 is 23.2 Å². The van der Waals surface area contributed by atoms with Gasteiger partial charge in [-0.2, -0.15) is 0 Å². The molecular weight excluding hydrogens is 322 g/mol. The molecule has 1 aromatic rings. The number of carbonyl (C=O) groups excluding carboxylic acids is 1. The molecule has 0 spiro atoms. The van der Waals surface area contributed by atoms with Crippen molar-refractivity contribution < 1.29 is 9.53 Å². The second-order valence-corrected chi connectivity index (χ2v) is 6.48. The molecule has 0 bridgehead atoms. The van der Waals surface area contributed by atoms with Crippen LogP contribution in [-0.4, -0.2) is 55.8 Å². The minimum atomic E-state index is -0.112. The number of hydrogen-bond donors (Lipinski definition) is 2. The van der Waals surface area contributed by atoms with E-state index in [9.17, 15) is 4.79 Å². The standard InChI is InChI=1S/C18H27N3O2S/c1-4-19-18(24)21-11-15(14-8-6-5-7-13(14)2)16(12-21)17(22)20-9-10-23-3/h5-8,15-16H,4,9-12H2,1-3H3,(H,19,24)(H,20,22). The Morgan fingerprint density at radius 3 is 2.75 bits per heavy atom. The fraction of sp³-hybridized carbons (Fsp3) is 0.556. The van der Waals surface area contributed by atoms with Crippen LogP contribution in [0.4, 0.5) is 0 Å². The minimum Gasteiger partial charge on any atom is -0.383 e. The maximum Gasteiger partial charge on any atom is 0.225 e. The number of aryl methyl sites for hydroxylation is 1. The van der Waals surface area contributed by atoms with E-state index in [1.165, 1.54) is 11.1 Å². The average Bonchev–Trinajstić information content (AvgIpc) is 3.01. The number of carbonyl (C=O) groups is 1. The van der Waals surface area contributed by atoms with Gasteiger partial charge in [0.25, 0.3) is 0 Å². The highest BCUT2D eigenvalue weighted by molar-refractivity contribution is 7.80. The van der Waals surface area contributed by atoms with Gasteiger partial charge >= 0.3 is 0 Å². The number of benzene rings is 1. The van der Waals surface area contributed by atoms with E-state index in [-0.39, 0.29) is 17.7 Å². The first kappa shape index (κ1) is 18.7. The molecular formula is C18H27N3O2S. The van der Waals surface area contributed by atoms with Gasteiger partial charge in [0.2, 0.25) is 5.91 Å². The lowest BCUT2D eigenvalue weighted by atomic mass is 9.86. The molecule has 5 nitrogen and oxygen atoms in total. The van der Waals surface area contributed by atoms with Crippen LogP contribution in [0.25, 0.3) is 0 Å². The molecule has 0 radical (unpaired) electrons. The largest absolute Gasteiger partial charge is 0.383 e. The topological polar surface area (TPSA) is 53.6 Å². The molecule has 2 N–H and O–H groups in total. The van der Waals surface area contributed by atoms with E-state index < -0.39 is 0 Å². The lowest BCUT2D eigenvalue weighted by Gasteiger charge is -2.20. The molecule has 2 unspecified atom stereocenters. The number of thiocarbonyl (C=S) groups is 1. The van der Waals surface area contributed by atoms with Crippen LogP contribution in [0.15, 0.2) is 24.3 Å². The number of likely N-dealkylation sites (tertiary alicyclic amines) is 1. The third-order valence-corrected chi connectivity index (χ3v) is 4.87. The molecule has 2 atom stereocenters. The number of hydrogen-bond acceptors (Lipinski definition) is 3. The monoisotopic (exact) mass is 349 g/mol. The summed E-state index contributed by atoms with van der Waals surface area (Å²) in [6.07, 6.45) is 0. The van der Waals surface area contributed by atoms with Crippen molar-refractivity contribution in [1.82, 2.24) is 15.5 Å². The zero-order chi connectivity index (χ0) is 17.5. The molecule has 1 aromatic carbocycles. The van der Waals surface area contributed by atoms with Crippen molar-refractivity contribution in [3.8, 4) is 0 Å². The van der Waals surface area contributed by atoms with Crippen LogP contribution in [0.1, 0.15) is 24.0 Å². The third-order valence-electron chi connectivity index (χ3n) is 4.47. The van der Waals surface area contributed by atoms with Gasteiger partial charge in [0.1, 0.15) is 0 Å². The number of ether oxygens (including phenoxy) is 1. The van der Waals surface area contributed by atoms with Crippen molar-refractivity contribution in [3.63, 3.8) is 0 Å². The molecule has 132 valence electrons. The number of amides is 1. The molecule has 0 aliphatic carbocycles. The zero-order valence-corrected chi connectivity index (χ0v) is 15.5. The average molecular weight is 350 g/mol. The van der Waals surface area contributed by atoms with Crippen molar-refractivity contribution in [2.75, 3.05) is 39.9 Å². The second kappa shape index (κ2) is 8.99. The van der Waals surface area contributed by atoms with Gasteiger partial charge in [0, 0.05) is 39.2 Å². The Bertz CT molecular complexity index is 579. The maximum atomic E-state index is 12.7. The SMILES string of the molecule is CCNC(=S)N1CC(C(=O)NCCOC)C(c2ccccc2C)C1. The Morgan fingerprint density at radius 2 is 2.08 bits per heavy atom. The quantitative estimate of drug-likeness (QED) is 0.604. The highest BCUT2D eigenvalue weighted by Crippen LogP contribution is 2.34. The van der Waals surface area contributed by atoms with Crippen LogP contribution in [0.3, 0.4) is 0 Å². The molecule has 6 heteroatoms. The van der Waals surface area contributed by atoms with Crippen molar-refractivity contribution in [3.05, 3.63) is 35.4 Å². The van der Waals surface area contributed by atoms with E-state index in [1.807, 2.05) is 19.1 Å². The summed E-state index contributed by atoms with van der Waals surface area (Å²) >= 11 is 5.46. The number of nitrogens with zero attached hydrogens (tertiary/aromatic N) is 1. The van der Waals surface area contributed by atoms with Gasteiger partial charge in [-0.15, -0.1) is 0 Å². The van der Waals surface area contributed by atoms with Gasteiger partial charge in [0.05, 0.1) is 12.5 Å². The summed E-state index contributed by atoms with van der Waals surface area (Å²) in [5.74, 6) is 0.104. The molecule has 24 heavy (non-hydrogen) atoms. The lowest BCUT2D eigenvalue weighted by molar-refractivity contribution is -0.125. The van der Waals surface area contributed by atoms with Crippen LogP contribution in [-0.2, 0) is 9.53 Å². The Hall–Kier alpha value is -1.66. The van der Waals surface area contributed by atoms with Gasteiger partial charge in [-0.3, -0.25) is 4.79 Å². The first-order valence-corrected chi connectivity index (χ1v) is 8.84. The van der Waals surface area contributed by atoms with Crippen LogP contribution in [0, 0.1) is 12.8 Å². The number of methoxy groups -OCH3 is 1. The molecule has 1 saturated heterocycles. The fourth-order valence-electron chi connectivity index (χ4n) is 3.22. The summed E-state index contributed by atoms with van der Waals surface area (Å²) < 4.78 is 5.02. The molecule has 1 aliphatic heterocycles. The maximum absolute atomic E-state index is 12.7. The summed E-state index contributed by atoms with van der Waals surface area (Å²) in [6, 6.07) is 8.28. The summed E-state index contributed by atoms with van der Waals surface area (Å²) in [5, 5.41) is 6.90. The number of nitrogens with one attached hydrogen (secondary N) is 2. The van der Waals surface area contributed by atoms with Crippen molar-refractivity contribution in [2.24, 2.45) is 5.92 Å². The van der Waals surface area contributed by atoms with Gasteiger partial charge in [0.15, 0.2) is 5.11 Å². The molecule has 2 rings (SSSR count). The van der Waals surface area contributed by atoms with Crippen LogP contribution in [0.5, 0.6) is 0 Å². The fourth-order valence-corrected chi connectivity index (χ4v) is 3.52. The highest BCUT2D eigenvalue weighted by Gasteiger charge is 2.39. The molecule has 1 aliphatic rings. The van der Waals surface area contributed by atoms with Crippen LogP contribution in [0.2, 0.25) is 0 Å². The van der Waals surface area contributed by atoms with E-state index in [2.05, 4.69) is 34.6 Å². The first-order valence-electron chi connectivity index (χ1n) is 8.43.